The Morgan fingerprint density at radius 1 is 1.23 bits per heavy atom. The first-order valence-electron chi connectivity index (χ1n) is 10.7. The van der Waals surface area contributed by atoms with Gasteiger partial charge in [-0.25, -0.2) is 9.07 Å². The molecule has 3 aromatic rings. The van der Waals surface area contributed by atoms with Crippen LogP contribution < -0.4 is 10.1 Å². The number of halogens is 5. The minimum atomic E-state index is -4.48. The summed E-state index contributed by atoms with van der Waals surface area (Å²) in [5.41, 5.74) is 0.324. The summed E-state index contributed by atoms with van der Waals surface area (Å²) in [6.07, 6.45) is -5.96. The van der Waals surface area contributed by atoms with Crippen LogP contribution >= 0.6 is 11.6 Å². The van der Waals surface area contributed by atoms with Gasteiger partial charge in [0.05, 0.1) is 17.9 Å². The number of anilines is 1. The van der Waals surface area contributed by atoms with Gasteiger partial charge < -0.3 is 14.8 Å². The van der Waals surface area contributed by atoms with Crippen molar-refractivity contribution in [3.05, 3.63) is 54.1 Å². The molecule has 7 nitrogen and oxygen atoms in total. The van der Waals surface area contributed by atoms with Crippen LogP contribution in [0.15, 0.2) is 48.5 Å². The predicted molar refractivity (Wildman–Crippen MR) is 121 cm³/mol. The molecule has 0 radical (unpaired) electrons. The number of hydrogen-bond acceptors (Lipinski definition) is 5. The summed E-state index contributed by atoms with van der Waals surface area (Å²) < 4.78 is 64.6. The average molecular weight is 513 g/mol. The maximum absolute atomic E-state index is 13.4. The Morgan fingerprint density at radius 2 is 1.94 bits per heavy atom. The molecule has 2 atom stereocenters. The highest BCUT2D eigenvalue weighted by Gasteiger charge is 2.60. The van der Waals surface area contributed by atoms with Gasteiger partial charge in [0.2, 0.25) is 5.91 Å². The first-order chi connectivity index (χ1) is 16.6. The molecule has 0 aliphatic heterocycles. The Kier molecular flexibility index (Phi) is 7.00. The standard InChI is InChI=1S/C23H21ClF4N4O3/c1-2-34-10-11-35-21-30-19(14-6-8-15(9-7-14)23(26,27)28)32(31-21)17-5-3-4-16(12-17)29-20(33)22(24)13-18(22)25/h3-9,12,18H,2,10-11,13H2,1H3,(H,29,33). The van der Waals surface area contributed by atoms with Gasteiger partial charge in [-0.2, -0.15) is 18.2 Å². The molecule has 1 heterocycles. The lowest BCUT2D eigenvalue weighted by Crippen LogP contribution is -2.27. The Balaban J connectivity index is 1.65. The number of carbonyl (C=O) groups is 1. The minimum absolute atomic E-state index is 0.00741. The summed E-state index contributed by atoms with van der Waals surface area (Å²) in [6.45, 7) is 2.82. The van der Waals surface area contributed by atoms with Crippen LogP contribution in [0.2, 0.25) is 0 Å². The molecule has 2 unspecified atom stereocenters. The van der Waals surface area contributed by atoms with Gasteiger partial charge in [0.1, 0.15) is 12.8 Å². The van der Waals surface area contributed by atoms with Crippen LogP contribution in [0.1, 0.15) is 18.9 Å². The minimum Gasteiger partial charge on any atom is -0.460 e. The molecule has 2 aromatic carbocycles. The van der Waals surface area contributed by atoms with E-state index in [0.29, 0.717) is 30.2 Å². The SMILES string of the molecule is CCOCCOc1nc(-c2ccc(C(F)(F)F)cc2)n(-c2cccc(NC(=O)C3(Cl)CC3F)c2)n1. The molecule has 1 N–H and O–H groups in total. The van der Waals surface area contributed by atoms with E-state index in [1.54, 1.807) is 24.3 Å². The third kappa shape index (κ3) is 5.57. The Labute approximate surface area is 203 Å². The topological polar surface area (TPSA) is 78.3 Å². The Bertz CT molecular complexity index is 1200. The molecule has 0 saturated heterocycles. The van der Waals surface area contributed by atoms with E-state index in [1.807, 2.05) is 6.92 Å². The number of benzene rings is 2. The van der Waals surface area contributed by atoms with Crippen molar-refractivity contribution in [2.45, 2.75) is 30.6 Å². The zero-order valence-corrected chi connectivity index (χ0v) is 19.2. The van der Waals surface area contributed by atoms with E-state index >= 15 is 0 Å². The van der Waals surface area contributed by atoms with Crippen molar-refractivity contribution in [2.75, 3.05) is 25.1 Å². The van der Waals surface area contributed by atoms with E-state index in [4.69, 9.17) is 21.1 Å². The summed E-state index contributed by atoms with van der Waals surface area (Å²) in [5, 5.41) is 6.90. The van der Waals surface area contributed by atoms with Crippen LogP contribution in [0.5, 0.6) is 6.01 Å². The van der Waals surface area contributed by atoms with E-state index in [2.05, 4.69) is 15.4 Å². The molecule has 12 heteroatoms. The summed E-state index contributed by atoms with van der Waals surface area (Å²) in [6, 6.07) is 10.9. The number of amides is 1. The second kappa shape index (κ2) is 9.82. The molecule has 1 amide bonds. The zero-order chi connectivity index (χ0) is 25.2. The van der Waals surface area contributed by atoms with Gasteiger partial charge >= 0.3 is 12.2 Å². The fraction of sp³-hybridized carbons (Fsp3) is 0.348. The van der Waals surface area contributed by atoms with Crippen LogP contribution in [0.3, 0.4) is 0 Å². The fourth-order valence-corrected chi connectivity index (χ4v) is 3.44. The van der Waals surface area contributed by atoms with E-state index in [-0.39, 0.29) is 24.9 Å². The van der Waals surface area contributed by atoms with Gasteiger partial charge in [-0.05, 0) is 37.3 Å². The highest BCUT2D eigenvalue weighted by molar-refractivity contribution is 6.39. The maximum Gasteiger partial charge on any atom is 0.416 e. The largest absolute Gasteiger partial charge is 0.460 e. The smallest absolute Gasteiger partial charge is 0.416 e. The lowest BCUT2D eigenvalue weighted by atomic mass is 10.1. The maximum atomic E-state index is 13.4. The molecule has 1 aliphatic rings. The van der Waals surface area contributed by atoms with Gasteiger partial charge in [0, 0.05) is 24.3 Å². The van der Waals surface area contributed by atoms with Gasteiger partial charge in [0.25, 0.3) is 0 Å². The highest BCUT2D eigenvalue weighted by atomic mass is 35.5. The second-order valence-corrected chi connectivity index (χ2v) is 8.46. The van der Waals surface area contributed by atoms with Gasteiger partial charge in [-0.15, -0.1) is 16.7 Å². The normalized spacial score (nSPS) is 19.4. The summed E-state index contributed by atoms with van der Waals surface area (Å²) in [7, 11) is 0. The molecule has 1 aromatic heterocycles. The lowest BCUT2D eigenvalue weighted by molar-refractivity contribution is -0.137. The Hall–Kier alpha value is -3.18. The van der Waals surface area contributed by atoms with E-state index < -0.39 is 28.7 Å². The third-order valence-electron chi connectivity index (χ3n) is 5.26. The van der Waals surface area contributed by atoms with Gasteiger partial charge in [-0.1, -0.05) is 18.2 Å². The van der Waals surface area contributed by atoms with Gasteiger partial charge in [0.15, 0.2) is 10.7 Å². The molecule has 0 spiro atoms. The molecule has 35 heavy (non-hydrogen) atoms. The van der Waals surface area contributed by atoms with Crippen molar-refractivity contribution in [1.29, 1.82) is 0 Å². The summed E-state index contributed by atoms with van der Waals surface area (Å²) in [5.74, 6) is -0.446. The first-order valence-corrected chi connectivity index (χ1v) is 11.1. The number of rotatable bonds is 9. The van der Waals surface area contributed by atoms with Crippen molar-refractivity contribution in [2.24, 2.45) is 0 Å². The number of nitrogens with one attached hydrogen (secondary N) is 1. The van der Waals surface area contributed by atoms with Crippen LogP contribution in [0.25, 0.3) is 17.1 Å². The van der Waals surface area contributed by atoms with Crippen molar-refractivity contribution < 1.29 is 31.8 Å². The fourth-order valence-electron chi connectivity index (χ4n) is 3.25. The highest BCUT2D eigenvalue weighted by Crippen LogP contribution is 2.46. The van der Waals surface area contributed by atoms with Crippen molar-refractivity contribution in [1.82, 2.24) is 14.8 Å². The van der Waals surface area contributed by atoms with E-state index in [0.717, 1.165) is 12.1 Å². The molecule has 4 rings (SSSR count). The zero-order valence-electron chi connectivity index (χ0n) is 18.5. The molecule has 1 saturated carbocycles. The van der Waals surface area contributed by atoms with Gasteiger partial charge in [-0.3, -0.25) is 4.79 Å². The van der Waals surface area contributed by atoms with Crippen LogP contribution in [0.4, 0.5) is 23.2 Å². The molecular formula is C23H21ClF4N4O3. The first kappa shape index (κ1) is 24.9. The van der Waals surface area contributed by atoms with Crippen molar-refractivity contribution in [3.8, 4) is 23.1 Å². The molecule has 1 aliphatic carbocycles. The van der Waals surface area contributed by atoms with Crippen LogP contribution in [-0.4, -0.2) is 51.5 Å². The van der Waals surface area contributed by atoms with E-state index in [9.17, 15) is 22.4 Å². The summed E-state index contributed by atoms with van der Waals surface area (Å²) >= 11 is 5.95. The second-order valence-electron chi connectivity index (χ2n) is 7.79. The lowest BCUT2D eigenvalue weighted by Gasteiger charge is -2.11. The molecule has 186 valence electrons. The third-order valence-corrected chi connectivity index (χ3v) is 5.82. The average Bonchev–Trinajstić information content (AvgIpc) is 3.25. The molecular weight excluding hydrogens is 492 g/mol. The van der Waals surface area contributed by atoms with Crippen molar-refractivity contribution in [3.63, 3.8) is 0 Å². The quantitative estimate of drug-likeness (QED) is 0.247. The van der Waals surface area contributed by atoms with E-state index in [1.165, 1.54) is 16.8 Å². The number of alkyl halides is 5. The molecule has 0 bridgehead atoms. The number of ether oxygens (including phenoxy) is 2. The number of hydrogen-bond donors (Lipinski definition) is 1. The van der Waals surface area contributed by atoms with Crippen molar-refractivity contribution >= 4 is 23.2 Å². The number of aromatic nitrogens is 3. The van der Waals surface area contributed by atoms with Crippen LogP contribution in [0, 0.1) is 0 Å². The number of nitrogens with zero attached hydrogens (tertiary/aromatic N) is 3. The van der Waals surface area contributed by atoms with Crippen LogP contribution in [-0.2, 0) is 15.7 Å². The summed E-state index contributed by atoms with van der Waals surface area (Å²) in [4.78, 5) is 15.0. The predicted octanol–water partition coefficient (Wildman–Crippen LogP) is 5.03. The number of carbonyl (C=O) groups excluding carboxylic acids is 1. The monoisotopic (exact) mass is 512 g/mol. The molecule has 1 fully saturated rings. The Morgan fingerprint density at radius 3 is 2.57 bits per heavy atom.